The van der Waals surface area contributed by atoms with E-state index in [9.17, 15) is 14.4 Å². The number of amides is 2. The summed E-state index contributed by atoms with van der Waals surface area (Å²) in [5.74, 6) is -1.80. The summed E-state index contributed by atoms with van der Waals surface area (Å²) >= 11 is 0. The van der Waals surface area contributed by atoms with Crippen molar-refractivity contribution in [2.75, 3.05) is 12.0 Å². The van der Waals surface area contributed by atoms with Gasteiger partial charge in [0.1, 0.15) is 0 Å². The minimum absolute atomic E-state index is 0.238. The molecule has 0 saturated carbocycles. The van der Waals surface area contributed by atoms with E-state index in [1.165, 1.54) is 25.1 Å². The summed E-state index contributed by atoms with van der Waals surface area (Å²) in [7, 11) is 1.25. The summed E-state index contributed by atoms with van der Waals surface area (Å²) in [5, 5.41) is 0. The average molecular weight is 288 g/mol. The number of nitrogens with two attached hydrogens (primary N) is 1. The predicted octanol–water partition coefficient (Wildman–Crippen LogP) is 1.14. The highest BCUT2D eigenvalue weighted by Crippen LogP contribution is 2.16. The fourth-order valence-corrected chi connectivity index (χ4v) is 1.50. The number of rotatable bonds is 5. The lowest BCUT2D eigenvalue weighted by molar-refractivity contribution is -0.136. The molecule has 0 saturated heterocycles. The zero-order valence-corrected chi connectivity index (χ0v) is 11.8. The van der Waals surface area contributed by atoms with E-state index in [0.717, 1.165) is 12.2 Å². The Kier molecular flexibility index (Phi) is 5.88. The maximum atomic E-state index is 12.1. The molecular weight excluding hydrogens is 272 g/mol. The maximum Gasteiger partial charge on any atom is 0.334 e. The van der Waals surface area contributed by atoms with Crippen LogP contribution in [0.15, 0.2) is 54.3 Å². The number of methoxy groups -OCH3 is 1. The Balaban J connectivity index is 3.15. The molecule has 0 fully saturated rings. The lowest BCUT2D eigenvalue weighted by atomic mass is 10.2. The van der Waals surface area contributed by atoms with Gasteiger partial charge in [-0.1, -0.05) is 18.2 Å². The molecule has 110 valence electrons. The Morgan fingerprint density at radius 2 is 1.76 bits per heavy atom. The third-order valence-corrected chi connectivity index (χ3v) is 2.49. The highest BCUT2D eigenvalue weighted by Gasteiger charge is 2.13. The predicted molar refractivity (Wildman–Crippen MR) is 78.0 cm³/mol. The summed E-state index contributed by atoms with van der Waals surface area (Å²) in [6.45, 7) is 1.52. The molecule has 0 spiro atoms. The molecule has 1 aromatic rings. The number of primary amides is 1. The van der Waals surface area contributed by atoms with Crippen LogP contribution in [0.3, 0.4) is 0 Å². The van der Waals surface area contributed by atoms with Gasteiger partial charge in [0.05, 0.1) is 12.7 Å². The van der Waals surface area contributed by atoms with Crippen molar-refractivity contribution in [2.45, 2.75) is 6.92 Å². The van der Waals surface area contributed by atoms with Crippen molar-refractivity contribution in [1.29, 1.82) is 0 Å². The SMILES string of the molecule is COC(=O)/C(C)=C/N(C(=O)/C=C\C(N)=O)c1ccccc1. The number of hydrogen-bond donors (Lipinski definition) is 1. The molecule has 0 bridgehead atoms. The smallest absolute Gasteiger partial charge is 0.334 e. The number of para-hydroxylation sites is 1. The average Bonchev–Trinajstić information content (AvgIpc) is 2.49. The van der Waals surface area contributed by atoms with Crippen LogP contribution in [0.2, 0.25) is 0 Å². The van der Waals surface area contributed by atoms with Gasteiger partial charge < -0.3 is 10.5 Å². The molecule has 6 nitrogen and oxygen atoms in total. The summed E-state index contributed by atoms with van der Waals surface area (Å²) in [4.78, 5) is 35.5. The van der Waals surface area contributed by atoms with Crippen molar-refractivity contribution in [3.63, 3.8) is 0 Å². The Morgan fingerprint density at radius 3 is 2.29 bits per heavy atom. The summed E-state index contributed by atoms with van der Waals surface area (Å²) in [6, 6.07) is 8.67. The second-order valence-corrected chi connectivity index (χ2v) is 4.08. The van der Waals surface area contributed by atoms with Gasteiger partial charge in [0.25, 0.3) is 5.91 Å². The quantitative estimate of drug-likeness (QED) is 0.650. The van der Waals surface area contributed by atoms with Crippen molar-refractivity contribution in [3.8, 4) is 0 Å². The van der Waals surface area contributed by atoms with E-state index in [0.29, 0.717) is 5.69 Å². The highest BCUT2D eigenvalue weighted by atomic mass is 16.5. The van der Waals surface area contributed by atoms with Gasteiger partial charge in [0, 0.05) is 24.0 Å². The van der Waals surface area contributed by atoms with Crippen LogP contribution in [0.5, 0.6) is 0 Å². The van der Waals surface area contributed by atoms with Gasteiger partial charge in [-0.15, -0.1) is 0 Å². The van der Waals surface area contributed by atoms with Gasteiger partial charge in [0.15, 0.2) is 0 Å². The van der Waals surface area contributed by atoms with E-state index in [4.69, 9.17) is 5.73 Å². The Hall–Kier alpha value is -2.89. The monoisotopic (exact) mass is 288 g/mol. The van der Waals surface area contributed by atoms with Crippen molar-refractivity contribution >= 4 is 23.5 Å². The van der Waals surface area contributed by atoms with Gasteiger partial charge in [-0.05, 0) is 19.1 Å². The first kappa shape index (κ1) is 16.2. The number of nitrogens with zero attached hydrogens (tertiary/aromatic N) is 1. The second-order valence-electron chi connectivity index (χ2n) is 4.08. The second kappa shape index (κ2) is 7.64. The van der Waals surface area contributed by atoms with Crippen LogP contribution in [0.1, 0.15) is 6.92 Å². The minimum Gasteiger partial charge on any atom is -0.466 e. The molecule has 21 heavy (non-hydrogen) atoms. The summed E-state index contributed by atoms with van der Waals surface area (Å²) in [6.07, 6.45) is 3.34. The van der Waals surface area contributed by atoms with E-state index in [1.807, 2.05) is 0 Å². The number of esters is 1. The highest BCUT2D eigenvalue weighted by molar-refractivity contribution is 6.06. The van der Waals surface area contributed by atoms with Crippen LogP contribution in [0.4, 0.5) is 5.69 Å². The van der Waals surface area contributed by atoms with Crippen LogP contribution in [-0.2, 0) is 19.1 Å². The molecule has 0 radical (unpaired) electrons. The van der Waals surface area contributed by atoms with Crippen LogP contribution in [-0.4, -0.2) is 24.9 Å². The molecule has 0 aromatic heterocycles. The van der Waals surface area contributed by atoms with E-state index in [-0.39, 0.29) is 5.57 Å². The zero-order valence-electron chi connectivity index (χ0n) is 11.8. The fraction of sp³-hybridized carbons (Fsp3) is 0.133. The molecule has 2 N–H and O–H groups in total. The van der Waals surface area contributed by atoms with Crippen LogP contribution in [0, 0.1) is 0 Å². The normalized spacial score (nSPS) is 11.2. The summed E-state index contributed by atoms with van der Waals surface area (Å²) in [5.41, 5.74) is 5.74. The number of anilines is 1. The van der Waals surface area contributed by atoms with Gasteiger partial charge in [-0.25, -0.2) is 4.79 Å². The standard InChI is InChI=1S/C15H16N2O4/c1-11(15(20)21-2)10-17(12-6-4-3-5-7-12)14(19)9-8-13(16)18/h3-10H,1-2H3,(H2,16,18)/b9-8-,11-10+. The summed E-state index contributed by atoms with van der Waals surface area (Å²) < 4.78 is 4.59. The topological polar surface area (TPSA) is 89.7 Å². The van der Waals surface area contributed by atoms with Gasteiger partial charge >= 0.3 is 5.97 Å². The van der Waals surface area contributed by atoms with E-state index in [1.54, 1.807) is 30.3 Å². The van der Waals surface area contributed by atoms with Crippen molar-refractivity contribution in [1.82, 2.24) is 0 Å². The third kappa shape index (κ3) is 4.94. The van der Waals surface area contributed by atoms with Crippen molar-refractivity contribution in [3.05, 3.63) is 54.3 Å². The minimum atomic E-state index is -0.731. The van der Waals surface area contributed by atoms with Crippen molar-refractivity contribution < 1.29 is 19.1 Å². The molecule has 0 atom stereocenters. The first-order chi connectivity index (χ1) is 9.95. The number of ether oxygens (including phenoxy) is 1. The number of carbonyl (C=O) groups is 3. The van der Waals surface area contributed by atoms with Crippen LogP contribution < -0.4 is 10.6 Å². The van der Waals surface area contributed by atoms with Gasteiger partial charge in [0.2, 0.25) is 5.91 Å². The lowest BCUT2D eigenvalue weighted by Crippen LogP contribution is -2.25. The molecular formula is C15H16N2O4. The lowest BCUT2D eigenvalue weighted by Gasteiger charge is -2.17. The Morgan fingerprint density at radius 1 is 1.14 bits per heavy atom. The first-order valence-corrected chi connectivity index (χ1v) is 6.08. The molecule has 1 aromatic carbocycles. The van der Waals surface area contributed by atoms with Crippen LogP contribution >= 0.6 is 0 Å². The third-order valence-electron chi connectivity index (χ3n) is 2.49. The molecule has 6 heteroatoms. The molecule has 0 aliphatic carbocycles. The van der Waals surface area contributed by atoms with E-state index >= 15 is 0 Å². The van der Waals surface area contributed by atoms with Gasteiger partial charge in [-0.2, -0.15) is 0 Å². The van der Waals surface area contributed by atoms with Crippen molar-refractivity contribution in [2.24, 2.45) is 5.73 Å². The molecule has 0 heterocycles. The Bertz CT molecular complexity index is 591. The maximum absolute atomic E-state index is 12.1. The van der Waals surface area contributed by atoms with E-state index < -0.39 is 17.8 Å². The molecule has 0 aliphatic heterocycles. The Labute approximate surface area is 122 Å². The number of carbonyl (C=O) groups excluding carboxylic acids is 3. The number of benzene rings is 1. The van der Waals surface area contributed by atoms with E-state index in [2.05, 4.69) is 4.74 Å². The largest absolute Gasteiger partial charge is 0.466 e. The molecule has 2 amide bonds. The zero-order chi connectivity index (χ0) is 15.8. The van der Waals surface area contributed by atoms with Crippen LogP contribution in [0.25, 0.3) is 0 Å². The molecule has 1 rings (SSSR count). The fourth-order valence-electron chi connectivity index (χ4n) is 1.50. The number of hydrogen-bond acceptors (Lipinski definition) is 4. The van der Waals surface area contributed by atoms with Gasteiger partial charge in [-0.3, -0.25) is 14.5 Å². The molecule has 0 aliphatic rings. The first-order valence-electron chi connectivity index (χ1n) is 6.08. The molecule has 0 unspecified atom stereocenters.